The van der Waals surface area contributed by atoms with Gasteiger partial charge in [-0.25, -0.2) is 4.79 Å². The molecule has 1 aliphatic carbocycles. The molecule has 1 aliphatic rings. The third-order valence-corrected chi connectivity index (χ3v) is 4.60. The summed E-state index contributed by atoms with van der Waals surface area (Å²) in [7, 11) is 0. The largest absolute Gasteiger partial charge is 0.452 e. The lowest BCUT2D eigenvalue weighted by Gasteiger charge is -2.09. The predicted molar refractivity (Wildman–Crippen MR) is 96.9 cm³/mol. The van der Waals surface area contributed by atoms with E-state index in [1.807, 2.05) is 44.2 Å². The number of aryl methyl sites for hydroxylation is 2. The molecule has 1 heterocycles. The van der Waals surface area contributed by atoms with Gasteiger partial charge in [0.2, 0.25) is 0 Å². The van der Waals surface area contributed by atoms with E-state index in [4.69, 9.17) is 4.74 Å². The van der Waals surface area contributed by atoms with Gasteiger partial charge >= 0.3 is 5.97 Å². The van der Waals surface area contributed by atoms with Gasteiger partial charge in [0.25, 0.3) is 5.91 Å². The highest BCUT2D eigenvalue weighted by molar-refractivity contribution is 5.96. The average Bonchev–Trinajstić information content (AvgIpc) is 3.38. The second-order valence-corrected chi connectivity index (χ2v) is 6.56. The van der Waals surface area contributed by atoms with E-state index in [0.717, 1.165) is 30.7 Å². The SMILES string of the molecule is CCc1ccc(NC(=O)COC(=O)c2cc(C)n(C3CC3)c2C)cc1. The van der Waals surface area contributed by atoms with Crippen molar-refractivity contribution >= 4 is 17.6 Å². The van der Waals surface area contributed by atoms with E-state index >= 15 is 0 Å². The maximum absolute atomic E-state index is 12.3. The van der Waals surface area contributed by atoms with Crippen molar-refractivity contribution in [2.75, 3.05) is 11.9 Å². The normalized spacial score (nSPS) is 13.6. The molecule has 0 spiro atoms. The molecule has 0 radical (unpaired) electrons. The predicted octanol–water partition coefficient (Wildman–Crippen LogP) is 3.80. The van der Waals surface area contributed by atoms with Gasteiger partial charge in [-0.15, -0.1) is 0 Å². The van der Waals surface area contributed by atoms with Gasteiger partial charge in [-0.2, -0.15) is 0 Å². The van der Waals surface area contributed by atoms with Crippen molar-refractivity contribution in [3.63, 3.8) is 0 Å². The minimum Gasteiger partial charge on any atom is -0.452 e. The van der Waals surface area contributed by atoms with Gasteiger partial charge in [0.15, 0.2) is 6.61 Å². The third-order valence-electron chi connectivity index (χ3n) is 4.60. The molecule has 1 aromatic carbocycles. The first-order valence-electron chi connectivity index (χ1n) is 8.74. The number of anilines is 1. The molecule has 1 N–H and O–H groups in total. The van der Waals surface area contributed by atoms with Crippen LogP contribution in [0, 0.1) is 13.8 Å². The zero-order chi connectivity index (χ0) is 18.0. The number of amides is 1. The lowest BCUT2D eigenvalue weighted by atomic mass is 10.1. The molecule has 0 atom stereocenters. The number of carbonyl (C=O) groups excluding carboxylic acids is 2. The van der Waals surface area contributed by atoms with E-state index < -0.39 is 5.97 Å². The van der Waals surface area contributed by atoms with Crippen LogP contribution >= 0.6 is 0 Å². The number of nitrogens with zero attached hydrogens (tertiary/aromatic N) is 1. The second kappa shape index (κ2) is 7.13. The van der Waals surface area contributed by atoms with Crippen molar-refractivity contribution in [3.05, 3.63) is 52.8 Å². The second-order valence-electron chi connectivity index (χ2n) is 6.56. The highest BCUT2D eigenvalue weighted by Crippen LogP contribution is 2.38. The van der Waals surface area contributed by atoms with Gasteiger partial charge in [-0.1, -0.05) is 19.1 Å². The molecule has 0 bridgehead atoms. The molecular weight excluding hydrogens is 316 g/mol. The molecule has 25 heavy (non-hydrogen) atoms. The third kappa shape index (κ3) is 3.92. The zero-order valence-electron chi connectivity index (χ0n) is 15.0. The van der Waals surface area contributed by atoms with Crippen molar-refractivity contribution < 1.29 is 14.3 Å². The van der Waals surface area contributed by atoms with E-state index in [1.54, 1.807) is 0 Å². The number of benzene rings is 1. The summed E-state index contributed by atoms with van der Waals surface area (Å²) in [5.41, 5.74) is 4.43. The van der Waals surface area contributed by atoms with E-state index in [0.29, 0.717) is 17.3 Å². The lowest BCUT2D eigenvalue weighted by Crippen LogP contribution is -2.21. The van der Waals surface area contributed by atoms with Crippen LogP contribution in [-0.4, -0.2) is 23.1 Å². The van der Waals surface area contributed by atoms with Crippen LogP contribution in [0.5, 0.6) is 0 Å². The van der Waals surface area contributed by atoms with Gasteiger partial charge < -0.3 is 14.6 Å². The van der Waals surface area contributed by atoms with Crippen LogP contribution in [0.1, 0.15) is 53.1 Å². The Morgan fingerprint density at radius 1 is 1.20 bits per heavy atom. The number of aromatic nitrogens is 1. The summed E-state index contributed by atoms with van der Waals surface area (Å²) in [6, 6.07) is 9.99. The first kappa shape index (κ1) is 17.3. The number of hydrogen-bond acceptors (Lipinski definition) is 3. The summed E-state index contributed by atoms with van der Waals surface area (Å²) in [6.45, 7) is 5.71. The van der Waals surface area contributed by atoms with Gasteiger partial charge in [-0.05, 0) is 56.9 Å². The van der Waals surface area contributed by atoms with Gasteiger partial charge in [0, 0.05) is 23.1 Å². The maximum atomic E-state index is 12.3. The molecule has 132 valence electrons. The number of nitrogens with one attached hydrogen (secondary N) is 1. The number of ether oxygens (including phenoxy) is 1. The smallest absolute Gasteiger partial charge is 0.340 e. The Balaban J connectivity index is 1.56. The quantitative estimate of drug-likeness (QED) is 0.814. The Labute approximate surface area is 148 Å². The number of rotatable bonds is 6. The molecule has 1 saturated carbocycles. The summed E-state index contributed by atoms with van der Waals surface area (Å²) in [5.74, 6) is -0.787. The van der Waals surface area contributed by atoms with Crippen LogP contribution in [0.4, 0.5) is 5.69 Å². The Kier molecular flexibility index (Phi) is 4.93. The Morgan fingerprint density at radius 2 is 1.88 bits per heavy atom. The van der Waals surface area contributed by atoms with Crippen molar-refractivity contribution in [1.29, 1.82) is 0 Å². The Hall–Kier alpha value is -2.56. The van der Waals surface area contributed by atoms with Gasteiger partial charge in [-0.3, -0.25) is 4.79 Å². The topological polar surface area (TPSA) is 60.3 Å². The van der Waals surface area contributed by atoms with Crippen molar-refractivity contribution in [2.24, 2.45) is 0 Å². The van der Waals surface area contributed by atoms with E-state index in [-0.39, 0.29) is 12.5 Å². The molecule has 2 aromatic rings. The van der Waals surface area contributed by atoms with Crippen LogP contribution in [-0.2, 0) is 16.0 Å². The maximum Gasteiger partial charge on any atom is 0.340 e. The van der Waals surface area contributed by atoms with Crippen LogP contribution in [0.25, 0.3) is 0 Å². The number of hydrogen-bond donors (Lipinski definition) is 1. The van der Waals surface area contributed by atoms with Crippen molar-refractivity contribution in [2.45, 2.75) is 46.1 Å². The van der Waals surface area contributed by atoms with Gasteiger partial charge in [0.05, 0.1) is 5.56 Å². The summed E-state index contributed by atoms with van der Waals surface area (Å²) in [5, 5.41) is 2.74. The molecule has 0 aliphatic heterocycles. The molecule has 5 heteroatoms. The molecular formula is C20H24N2O3. The fourth-order valence-corrected chi connectivity index (χ4v) is 3.11. The Bertz CT molecular complexity index is 786. The fourth-order valence-electron chi connectivity index (χ4n) is 3.11. The van der Waals surface area contributed by atoms with Crippen LogP contribution in [0.15, 0.2) is 30.3 Å². The molecule has 0 unspecified atom stereocenters. The molecule has 1 fully saturated rings. The molecule has 1 amide bonds. The van der Waals surface area contributed by atoms with Crippen LogP contribution in [0.2, 0.25) is 0 Å². The van der Waals surface area contributed by atoms with Crippen molar-refractivity contribution in [3.8, 4) is 0 Å². The standard InChI is InChI=1S/C20H24N2O3/c1-4-15-5-7-16(8-6-15)21-19(23)12-25-20(24)18-11-13(2)22(14(18)3)17-9-10-17/h5-8,11,17H,4,9-10,12H2,1-3H3,(H,21,23). The minimum atomic E-state index is -0.448. The minimum absolute atomic E-state index is 0.290. The number of esters is 1. The van der Waals surface area contributed by atoms with E-state index in [2.05, 4.69) is 16.8 Å². The lowest BCUT2D eigenvalue weighted by molar-refractivity contribution is -0.119. The highest BCUT2D eigenvalue weighted by atomic mass is 16.5. The fraction of sp³-hybridized carbons (Fsp3) is 0.400. The van der Waals surface area contributed by atoms with E-state index in [1.165, 1.54) is 5.56 Å². The Morgan fingerprint density at radius 3 is 2.48 bits per heavy atom. The average molecular weight is 340 g/mol. The summed E-state index contributed by atoms with van der Waals surface area (Å²) < 4.78 is 7.38. The van der Waals surface area contributed by atoms with Crippen molar-refractivity contribution in [1.82, 2.24) is 4.57 Å². The summed E-state index contributed by atoms with van der Waals surface area (Å²) in [4.78, 5) is 24.3. The first-order valence-corrected chi connectivity index (χ1v) is 8.74. The first-order chi connectivity index (χ1) is 12.0. The van der Waals surface area contributed by atoms with Gasteiger partial charge in [0.1, 0.15) is 0 Å². The summed E-state index contributed by atoms with van der Waals surface area (Å²) >= 11 is 0. The zero-order valence-corrected chi connectivity index (χ0v) is 15.0. The summed E-state index contributed by atoms with van der Waals surface area (Å²) in [6.07, 6.45) is 3.26. The molecule has 0 saturated heterocycles. The monoisotopic (exact) mass is 340 g/mol. The van der Waals surface area contributed by atoms with Crippen LogP contribution in [0.3, 0.4) is 0 Å². The molecule has 1 aromatic heterocycles. The highest BCUT2D eigenvalue weighted by Gasteiger charge is 2.28. The van der Waals surface area contributed by atoms with Crippen LogP contribution < -0.4 is 5.32 Å². The van der Waals surface area contributed by atoms with E-state index in [9.17, 15) is 9.59 Å². The number of carbonyl (C=O) groups is 2. The molecule has 5 nitrogen and oxygen atoms in total. The molecule has 3 rings (SSSR count).